The number of aromatic carboxylic acids is 1. The van der Waals surface area contributed by atoms with Crippen molar-refractivity contribution >= 4 is 23.0 Å². The van der Waals surface area contributed by atoms with Crippen LogP contribution in [0, 0.1) is 0 Å². The number of benzene rings is 2. The van der Waals surface area contributed by atoms with Crippen molar-refractivity contribution in [3.8, 4) is 23.0 Å². The zero-order valence-corrected chi connectivity index (χ0v) is 19.1. The van der Waals surface area contributed by atoms with Crippen molar-refractivity contribution in [2.75, 3.05) is 21.3 Å². The van der Waals surface area contributed by atoms with Crippen molar-refractivity contribution in [1.82, 2.24) is 5.01 Å². The Hall–Kier alpha value is -3.72. The fourth-order valence-electron chi connectivity index (χ4n) is 4.41. The molecule has 0 bridgehead atoms. The van der Waals surface area contributed by atoms with E-state index in [0.29, 0.717) is 29.2 Å². The average Bonchev–Trinajstić information content (AvgIpc) is 3.52. The number of fused-ring (bicyclic) bond motifs is 3. The lowest BCUT2D eigenvalue weighted by Gasteiger charge is -2.39. The van der Waals surface area contributed by atoms with Crippen molar-refractivity contribution in [2.45, 2.75) is 18.7 Å². The van der Waals surface area contributed by atoms with Crippen LogP contribution in [0.15, 0.2) is 52.9 Å². The summed E-state index contributed by atoms with van der Waals surface area (Å²) in [5.74, 6) is 0.482. The number of hydrogen-bond acceptors (Lipinski definition) is 8. The normalized spacial score (nSPS) is 18.6. The molecule has 0 aliphatic carbocycles. The number of hydrogen-bond donors (Lipinski definition) is 1. The van der Waals surface area contributed by atoms with Crippen molar-refractivity contribution in [2.24, 2.45) is 5.10 Å². The summed E-state index contributed by atoms with van der Waals surface area (Å²) in [6.45, 7) is 0. The van der Waals surface area contributed by atoms with Gasteiger partial charge in [0.05, 0.1) is 38.0 Å². The van der Waals surface area contributed by atoms with E-state index in [4.69, 9.17) is 24.0 Å². The monoisotopic (exact) mass is 466 g/mol. The van der Waals surface area contributed by atoms with Gasteiger partial charge in [-0.25, -0.2) is 9.80 Å². The van der Waals surface area contributed by atoms with Crippen LogP contribution in [0.5, 0.6) is 23.0 Å². The SMILES string of the molecule is COc1cccc2c1O[C@H](c1ccc(OC)c(OC)c1C(=O)O)N1N=C(c3cccs3)C[C@@H]21. The number of thiophene rings is 1. The smallest absolute Gasteiger partial charge is 0.340 e. The van der Waals surface area contributed by atoms with Gasteiger partial charge in [-0.15, -0.1) is 11.3 Å². The van der Waals surface area contributed by atoms with E-state index in [1.54, 1.807) is 30.6 Å². The molecular weight excluding hydrogens is 444 g/mol. The lowest BCUT2D eigenvalue weighted by atomic mass is 9.96. The van der Waals surface area contributed by atoms with Crippen molar-refractivity contribution in [3.05, 3.63) is 69.4 Å². The number of para-hydroxylation sites is 1. The first-order valence-corrected chi connectivity index (χ1v) is 11.2. The third-order valence-corrected chi connectivity index (χ3v) is 6.78. The Balaban J connectivity index is 1.71. The van der Waals surface area contributed by atoms with E-state index in [9.17, 15) is 9.90 Å². The molecule has 33 heavy (non-hydrogen) atoms. The number of carboxylic acid groups (broad SMARTS) is 1. The van der Waals surface area contributed by atoms with Gasteiger partial charge in [0, 0.05) is 17.5 Å². The largest absolute Gasteiger partial charge is 0.493 e. The Kier molecular flexibility index (Phi) is 5.33. The maximum absolute atomic E-state index is 12.4. The van der Waals surface area contributed by atoms with Crippen LogP contribution in [0.25, 0.3) is 0 Å². The highest BCUT2D eigenvalue weighted by atomic mass is 32.1. The first-order valence-electron chi connectivity index (χ1n) is 10.3. The van der Waals surface area contributed by atoms with Crippen molar-refractivity contribution in [1.29, 1.82) is 0 Å². The maximum Gasteiger partial charge on any atom is 0.340 e. The van der Waals surface area contributed by atoms with E-state index >= 15 is 0 Å². The average molecular weight is 467 g/mol. The molecule has 3 heterocycles. The summed E-state index contributed by atoms with van der Waals surface area (Å²) in [5.41, 5.74) is 2.26. The molecule has 8 nitrogen and oxygen atoms in total. The minimum absolute atomic E-state index is 0.0290. The summed E-state index contributed by atoms with van der Waals surface area (Å²) in [4.78, 5) is 13.4. The Morgan fingerprint density at radius 3 is 2.55 bits per heavy atom. The number of methoxy groups -OCH3 is 3. The van der Waals surface area contributed by atoms with E-state index in [-0.39, 0.29) is 17.4 Å². The summed E-state index contributed by atoms with van der Waals surface area (Å²) >= 11 is 1.62. The second-order valence-electron chi connectivity index (χ2n) is 7.54. The fourth-order valence-corrected chi connectivity index (χ4v) is 5.13. The summed E-state index contributed by atoms with van der Waals surface area (Å²) in [6.07, 6.45) is -0.141. The Bertz CT molecular complexity index is 1240. The van der Waals surface area contributed by atoms with E-state index in [2.05, 4.69) is 0 Å². The molecule has 0 amide bonds. The molecule has 0 saturated heterocycles. The zero-order chi connectivity index (χ0) is 23.1. The topological polar surface area (TPSA) is 89.8 Å². The lowest BCUT2D eigenvalue weighted by molar-refractivity contribution is -0.0217. The van der Waals surface area contributed by atoms with Crippen molar-refractivity contribution < 1.29 is 28.8 Å². The van der Waals surface area contributed by atoms with Crippen LogP contribution in [0.1, 0.15) is 45.1 Å². The van der Waals surface area contributed by atoms with E-state index in [1.807, 2.05) is 40.7 Å². The third kappa shape index (κ3) is 3.36. The maximum atomic E-state index is 12.4. The van der Waals surface area contributed by atoms with Gasteiger partial charge < -0.3 is 24.1 Å². The minimum atomic E-state index is -1.15. The molecule has 2 aromatic carbocycles. The fraction of sp³-hybridized carbons (Fsp3) is 0.250. The van der Waals surface area contributed by atoms with Gasteiger partial charge >= 0.3 is 5.97 Å². The molecule has 9 heteroatoms. The highest BCUT2D eigenvalue weighted by Crippen LogP contribution is 2.52. The first kappa shape index (κ1) is 21.1. The molecule has 0 saturated carbocycles. The molecule has 0 unspecified atom stereocenters. The van der Waals surface area contributed by atoms with Crippen LogP contribution in [-0.2, 0) is 0 Å². The second-order valence-corrected chi connectivity index (χ2v) is 8.49. The van der Waals surface area contributed by atoms with Gasteiger partial charge in [0.2, 0.25) is 6.23 Å². The predicted molar refractivity (Wildman–Crippen MR) is 123 cm³/mol. The van der Waals surface area contributed by atoms with Gasteiger partial charge in [-0.2, -0.15) is 5.10 Å². The van der Waals surface area contributed by atoms with Crippen molar-refractivity contribution in [3.63, 3.8) is 0 Å². The van der Waals surface area contributed by atoms with E-state index < -0.39 is 12.2 Å². The molecule has 1 aromatic heterocycles. The first-order chi connectivity index (χ1) is 16.1. The van der Waals surface area contributed by atoms with Gasteiger partial charge in [-0.05, 0) is 29.6 Å². The van der Waals surface area contributed by atoms with Gasteiger partial charge in [-0.3, -0.25) is 0 Å². The molecule has 170 valence electrons. The molecule has 3 aromatic rings. The highest BCUT2D eigenvalue weighted by Gasteiger charge is 2.44. The summed E-state index contributed by atoms with van der Waals surface area (Å²) in [7, 11) is 4.47. The van der Waals surface area contributed by atoms with Crippen LogP contribution < -0.4 is 18.9 Å². The Morgan fingerprint density at radius 1 is 1.06 bits per heavy atom. The third-order valence-electron chi connectivity index (χ3n) is 5.86. The molecule has 2 aliphatic rings. The van der Waals surface area contributed by atoms with E-state index in [0.717, 1.165) is 16.2 Å². The number of hydrazone groups is 1. The molecule has 1 N–H and O–H groups in total. The predicted octanol–water partition coefficient (Wildman–Crippen LogP) is 4.71. The lowest BCUT2D eigenvalue weighted by Crippen LogP contribution is -2.35. The molecule has 0 spiro atoms. The second kappa shape index (κ2) is 8.32. The van der Waals surface area contributed by atoms with Gasteiger partial charge in [-0.1, -0.05) is 18.2 Å². The summed E-state index contributed by atoms with van der Waals surface area (Å²) in [6, 6.07) is 13.0. The summed E-state index contributed by atoms with van der Waals surface area (Å²) < 4.78 is 22.7. The minimum Gasteiger partial charge on any atom is -0.493 e. The number of rotatable bonds is 6. The van der Waals surface area contributed by atoms with Crippen LogP contribution in [-0.4, -0.2) is 43.1 Å². The van der Waals surface area contributed by atoms with E-state index in [1.165, 1.54) is 14.2 Å². The Morgan fingerprint density at radius 2 is 1.88 bits per heavy atom. The molecule has 0 fully saturated rings. The van der Waals surface area contributed by atoms with Gasteiger partial charge in [0.1, 0.15) is 5.56 Å². The highest BCUT2D eigenvalue weighted by molar-refractivity contribution is 7.12. The standard InChI is InChI=1S/C24H22N2O6S/c1-29-17-7-4-6-13-16-12-15(19-8-5-11-33-19)25-26(16)23(32-21(13)17)14-9-10-18(30-2)22(31-3)20(14)24(27)28/h4-11,16,23H,12H2,1-3H3,(H,27,28)/t16-,23+/m0/s1. The number of ether oxygens (including phenoxy) is 4. The van der Waals surface area contributed by atoms with Crippen LogP contribution >= 0.6 is 11.3 Å². The Labute approximate surface area is 194 Å². The number of carboxylic acids is 1. The number of carbonyl (C=O) groups is 1. The molecule has 2 atom stereocenters. The van der Waals surface area contributed by atoms with Crippen LogP contribution in [0.3, 0.4) is 0 Å². The van der Waals surface area contributed by atoms with Crippen LogP contribution in [0.4, 0.5) is 0 Å². The molecule has 5 rings (SSSR count). The zero-order valence-electron chi connectivity index (χ0n) is 18.3. The van der Waals surface area contributed by atoms with Crippen LogP contribution in [0.2, 0.25) is 0 Å². The number of nitrogens with zero attached hydrogens (tertiary/aromatic N) is 2. The molecule has 2 aliphatic heterocycles. The van der Waals surface area contributed by atoms with Gasteiger partial charge in [0.15, 0.2) is 23.0 Å². The quantitative estimate of drug-likeness (QED) is 0.562. The van der Waals surface area contributed by atoms with Gasteiger partial charge in [0.25, 0.3) is 0 Å². The summed E-state index contributed by atoms with van der Waals surface area (Å²) in [5, 5.41) is 18.8. The molecule has 0 radical (unpaired) electrons. The molecular formula is C24H22N2O6S.